The molecule has 0 unspecified atom stereocenters. The van der Waals surface area contributed by atoms with Gasteiger partial charge in [-0.1, -0.05) is 18.2 Å². The van der Waals surface area contributed by atoms with E-state index >= 15 is 0 Å². The Bertz CT molecular complexity index is 1450. The van der Waals surface area contributed by atoms with Gasteiger partial charge in [0.1, 0.15) is 39.4 Å². The van der Waals surface area contributed by atoms with Gasteiger partial charge in [-0.2, -0.15) is 0 Å². The second kappa shape index (κ2) is 10.9. The molecular formula is C29H30O8S. The number of carbonyl (C=O) groups is 1. The number of rotatable bonds is 10. The van der Waals surface area contributed by atoms with Crippen LogP contribution in [0.2, 0.25) is 0 Å². The highest BCUT2D eigenvalue weighted by Gasteiger charge is 2.26. The first kappa shape index (κ1) is 25.9. The van der Waals surface area contributed by atoms with E-state index < -0.39 is 15.8 Å². The summed E-state index contributed by atoms with van der Waals surface area (Å²) in [5, 5.41) is 9.10. The van der Waals surface area contributed by atoms with Gasteiger partial charge < -0.3 is 24.1 Å². The molecule has 0 saturated heterocycles. The van der Waals surface area contributed by atoms with Gasteiger partial charge in [0.25, 0.3) is 0 Å². The largest absolute Gasteiger partial charge is 0.494 e. The van der Waals surface area contributed by atoms with Crippen molar-refractivity contribution in [3.8, 4) is 34.1 Å². The monoisotopic (exact) mass is 538 g/mol. The molecular weight excluding hydrogens is 508 g/mol. The van der Waals surface area contributed by atoms with E-state index in [0.717, 1.165) is 40.0 Å². The van der Waals surface area contributed by atoms with Crippen LogP contribution in [0.5, 0.6) is 23.0 Å². The normalized spacial score (nSPS) is 15.8. The van der Waals surface area contributed by atoms with E-state index in [9.17, 15) is 13.2 Å². The maximum absolute atomic E-state index is 11.3. The number of sulfone groups is 1. The highest BCUT2D eigenvalue weighted by molar-refractivity contribution is 7.90. The molecule has 38 heavy (non-hydrogen) atoms. The minimum absolute atomic E-state index is 0.0443. The lowest BCUT2D eigenvalue weighted by Crippen LogP contribution is -2.08. The Balaban J connectivity index is 1.27. The standard InChI is InChI=1S/C29H30O8S/c1-38(32,33)12-2-10-34-22-4-6-24-20(14-22)9-11-35-27-8-3-19(13-26(24)27)17-36-23-5-7-25-21(15-29(30)31)18-37-28(25)16-23/h3-8,13-14,16,21H,2,9-12,15,17-18H2,1H3,(H,30,31)/t21-/m1/s1. The third kappa shape index (κ3) is 6.22. The van der Waals surface area contributed by atoms with Crippen molar-refractivity contribution in [2.45, 2.75) is 31.8 Å². The number of fused-ring (bicyclic) bond motifs is 4. The summed E-state index contributed by atoms with van der Waals surface area (Å²) in [6.07, 6.45) is 2.45. The number of ether oxygens (including phenoxy) is 4. The Morgan fingerprint density at radius 3 is 2.61 bits per heavy atom. The van der Waals surface area contributed by atoms with Crippen LogP contribution in [0.4, 0.5) is 0 Å². The van der Waals surface area contributed by atoms with Crippen LogP contribution in [-0.4, -0.2) is 51.3 Å². The molecule has 5 rings (SSSR count). The molecule has 0 amide bonds. The summed E-state index contributed by atoms with van der Waals surface area (Å²) in [6.45, 7) is 1.60. The maximum atomic E-state index is 11.3. The number of carboxylic acid groups (broad SMARTS) is 1. The van der Waals surface area contributed by atoms with E-state index in [2.05, 4.69) is 6.07 Å². The zero-order valence-electron chi connectivity index (χ0n) is 21.1. The van der Waals surface area contributed by atoms with Crippen molar-refractivity contribution < 1.29 is 37.3 Å². The lowest BCUT2D eigenvalue weighted by atomic mass is 9.96. The maximum Gasteiger partial charge on any atom is 0.304 e. The molecule has 0 radical (unpaired) electrons. The van der Waals surface area contributed by atoms with Crippen molar-refractivity contribution in [3.63, 3.8) is 0 Å². The highest BCUT2D eigenvalue weighted by Crippen LogP contribution is 2.40. The van der Waals surface area contributed by atoms with Crippen LogP contribution < -0.4 is 18.9 Å². The van der Waals surface area contributed by atoms with E-state index in [-0.39, 0.29) is 18.1 Å². The molecule has 0 saturated carbocycles. The lowest BCUT2D eigenvalue weighted by molar-refractivity contribution is -0.137. The fraction of sp³-hybridized carbons (Fsp3) is 0.345. The Hall–Kier alpha value is -3.72. The van der Waals surface area contributed by atoms with Crippen molar-refractivity contribution in [3.05, 3.63) is 71.3 Å². The van der Waals surface area contributed by atoms with Gasteiger partial charge in [-0.05, 0) is 53.4 Å². The summed E-state index contributed by atoms with van der Waals surface area (Å²) in [5.41, 5.74) is 5.03. The van der Waals surface area contributed by atoms with Crippen LogP contribution in [0, 0.1) is 0 Å². The first-order chi connectivity index (χ1) is 18.2. The molecule has 3 aromatic carbocycles. The fourth-order valence-corrected chi connectivity index (χ4v) is 5.45. The van der Waals surface area contributed by atoms with Crippen molar-refractivity contribution >= 4 is 15.8 Å². The van der Waals surface area contributed by atoms with E-state index in [1.165, 1.54) is 6.26 Å². The molecule has 1 N–H and O–H groups in total. The molecule has 0 fully saturated rings. The van der Waals surface area contributed by atoms with E-state index in [1.807, 2.05) is 48.5 Å². The van der Waals surface area contributed by atoms with Crippen LogP contribution in [0.1, 0.15) is 35.4 Å². The zero-order valence-corrected chi connectivity index (χ0v) is 22.0. The molecule has 0 spiro atoms. The molecule has 3 aromatic rings. The Morgan fingerprint density at radius 1 is 0.974 bits per heavy atom. The van der Waals surface area contributed by atoms with Gasteiger partial charge in [-0.3, -0.25) is 4.79 Å². The average Bonchev–Trinajstić information content (AvgIpc) is 3.17. The third-order valence-corrected chi connectivity index (χ3v) is 7.69. The number of aliphatic carboxylic acids is 1. The van der Waals surface area contributed by atoms with Crippen LogP contribution in [0.15, 0.2) is 54.6 Å². The number of carboxylic acids is 1. The third-order valence-electron chi connectivity index (χ3n) is 6.66. The predicted octanol–water partition coefficient (Wildman–Crippen LogP) is 4.63. The summed E-state index contributed by atoms with van der Waals surface area (Å²) in [6, 6.07) is 17.5. The van der Waals surface area contributed by atoms with Crippen LogP contribution in [-0.2, 0) is 27.7 Å². The van der Waals surface area contributed by atoms with Crippen LogP contribution >= 0.6 is 0 Å². The minimum atomic E-state index is -3.00. The second-order valence-corrected chi connectivity index (χ2v) is 11.9. The zero-order chi connectivity index (χ0) is 26.7. The van der Waals surface area contributed by atoms with Gasteiger partial charge in [-0.25, -0.2) is 8.42 Å². The predicted molar refractivity (Wildman–Crippen MR) is 142 cm³/mol. The van der Waals surface area contributed by atoms with Crippen LogP contribution in [0.25, 0.3) is 11.1 Å². The van der Waals surface area contributed by atoms with Gasteiger partial charge in [-0.15, -0.1) is 0 Å². The molecule has 2 aliphatic rings. The lowest BCUT2D eigenvalue weighted by Gasteiger charge is -2.14. The first-order valence-corrected chi connectivity index (χ1v) is 14.6. The topological polar surface area (TPSA) is 108 Å². The molecule has 1 atom stereocenters. The van der Waals surface area contributed by atoms with Gasteiger partial charge >= 0.3 is 5.97 Å². The molecule has 0 aromatic heterocycles. The number of benzene rings is 3. The van der Waals surface area contributed by atoms with Crippen molar-refractivity contribution in [1.82, 2.24) is 0 Å². The van der Waals surface area contributed by atoms with E-state index in [0.29, 0.717) is 50.1 Å². The Morgan fingerprint density at radius 2 is 1.79 bits per heavy atom. The first-order valence-electron chi connectivity index (χ1n) is 12.6. The fourth-order valence-electron chi connectivity index (χ4n) is 4.81. The summed E-state index contributed by atoms with van der Waals surface area (Å²) in [5.74, 6) is 1.98. The molecule has 8 nitrogen and oxygen atoms in total. The van der Waals surface area contributed by atoms with Crippen molar-refractivity contribution in [1.29, 1.82) is 0 Å². The molecule has 0 bridgehead atoms. The molecule has 200 valence electrons. The highest BCUT2D eigenvalue weighted by atomic mass is 32.2. The average molecular weight is 539 g/mol. The van der Waals surface area contributed by atoms with Crippen LogP contribution in [0.3, 0.4) is 0 Å². The van der Waals surface area contributed by atoms with Crippen molar-refractivity contribution in [2.75, 3.05) is 31.8 Å². The summed E-state index contributed by atoms with van der Waals surface area (Å²) in [7, 11) is -3.00. The number of hydrogen-bond donors (Lipinski definition) is 1. The Kier molecular flexibility index (Phi) is 7.46. The van der Waals surface area contributed by atoms with E-state index in [1.54, 1.807) is 0 Å². The number of hydrogen-bond acceptors (Lipinski definition) is 7. The summed E-state index contributed by atoms with van der Waals surface area (Å²) < 4.78 is 46.2. The molecule has 9 heteroatoms. The van der Waals surface area contributed by atoms with E-state index in [4.69, 9.17) is 24.1 Å². The second-order valence-electron chi connectivity index (χ2n) is 9.67. The van der Waals surface area contributed by atoms with Gasteiger partial charge in [0.15, 0.2) is 0 Å². The van der Waals surface area contributed by atoms with Crippen molar-refractivity contribution in [2.24, 2.45) is 0 Å². The smallest absolute Gasteiger partial charge is 0.304 e. The SMILES string of the molecule is CS(=O)(=O)CCCOc1ccc2c(c1)CCOc1ccc(COc3ccc4c(c3)OC[C@H]4CC(=O)O)cc1-2. The summed E-state index contributed by atoms with van der Waals surface area (Å²) in [4.78, 5) is 11.1. The van der Waals surface area contributed by atoms with Gasteiger partial charge in [0.2, 0.25) is 0 Å². The van der Waals surface area contributed by atoms with Gasteiger partial charge in [0, 0.05) is 35.8 Å². The minimum Gasteiger partial charge on any atom is -0.494 e. The molecule has 2 aliphatic heterocycles. The van der Waals surface area contributed by atoms with Gasteiger partial charge in [0.05, 0.1) is 32.0 Å². The molecule has 0 aliphatic carbocycles. The quantitative estimate of drug-likeness (QED) is 0.372. The Labute approximate surface area is 222 Å². The summed E-state index contributed by atoms with van der Waals surface area (Å²) >= 11 is 0. The molecule has 2 heterocycles.